The van der Waals surface area contributed by atoms with E-state index in [9.17, 15) is 9.59 Å². The minimum atomic E-state index is -1.15. The Hall–Kier alpha value is -2.62. The van der Waals surface area contributed by atoms with Crippen LogP contribution in [-0.4, -0.2) is 22.2 Å². The van der Waals surface area contributed by atoms with Gasteiger partial charge in [0.1, 0.15) is 0 Å². The van der Waals surface area contributed by atoms with Gasteiger partial charge in [-0.3, -0.25) is 0 Å². The number of rotatable bonds is 6. The highest BCUT2D eigenvalue weighted by Crippen LogP contribution is 2.15. The molecular weight excluding hydrogens is 244 g/mol. The molecule has 1 aromatic carbocycles. The summed E-state index contributed by atoms with van der Waals surface area (Å²) >= 11 is 0. The lowest BCUT2D eigenvalue weighted by atomic mass is 9.98. The van der Waals surface area contributed by atoms with Gasteiger partial charge in [0, 0.05) is 17.6 Å². The first-order valence-electron chi connectivity index (χ1n) is 5.57. The molecule has 0 radical (unpaired) electrons. The second-order valence-corrected chi connectivity index (χ2v) is 3.82. The third-order valence-corrected chi connectivity index (χ3v) is 2.42. The number of benzene rings is 1. The van der Waals surface area contributed by atoms with Crippen LogP contribution in [0.2, 0.25) is 0 Å². The lowest BCUT2D eigenvalue weighted by Gasteiger charge is -2.07. The monoisotopic (exact) mass is 258 g/mol. The van der Waals surface area contributed by atoms with E-state index in [0.29, 0.717) is 0 Å². The lowest BCUT2D eigenvalue weighted by molar-refractivity contribution is -0.133. The molecule has 0 amide bonds. The van der Waals surface area contributed by atoms with E-state index in [2.05, 4.69) is 6.58 Å². The summed E-state index contributed by atoms with van der Waals surface area (Å²) in [6, 6.07) is 9.30. The largest absolute Gasteiger partial charge is 0.478 e. The molecule has 0 aromatic heterocycles. The summed E-state index contributed by atoms with van der Waals surface area (Å²) in [6.07, 6.45) is 5.53. The third-order valence-electron chi connectivity index (χ3n) is 2.42. The zero-order valence-corrected chi connectivity index (χ0v) is 10.2. The van der Waals surface area contributed by atoms with Crippen LogP contribution in [0.3, 0.4) is 0 Å². The predicted molar refractivity (Wildman–Crippen MR) is 72.5 cm³/mol. The van der Waals surface area contributed by atoms with Crippen molar-refractivity contribution in [3.05, 3.63) is 66.3 Å². The highest BCUT2D eigenvalue weighted by atomic mass is 16.4. The number of hydrogen-bond acceptors (Lipinski definition) is 2. The molecule has 0 bridgehead atoms. The van der Waals surface area contributed by atoms with Gasteiger partial charge in [0.15, 0.2) is 0 Å². The van der Waals surface area contributed by atoms with E-state index >= 15 is 0 Å². The van der Waals surface area contributed by atoms with Gasteiger partial charge < -0.3 is 10.2 Å². The van der Waals surface area contributed by atoms with E-state index in [1.807, 2.05) is 30.3 Å². The minimum absolute atomic E-state index is 0.0790. The number of carboxylic acids is 2. The highest BCUT2D eigenvalue weighted by molar-refractivity contribution is 5.88. The van der Waals surface area contributed by atoms with Gasteiger partial charge in [-0.25, -0.2) is 9.59 Å². The van der Waals surface area contributed by atoms with Crippen molar-refractivity contribution in [2.45, 2.75) is 0 Å². The molecule has 0 aliphatic heterocycles. The Kier molecular flexibility index (Phi) is 5.29. The maximum Gasteiger partial charge on any atom is 0.331 e. The molecule has 0 aliphatic carbocycles. The first-order valence-corrected chi connectivity index (χ1v) is 5.57. The van der Waals surface area contributed by atoms with E-state index in [1.54, 1.807) is 12.2 Å². The molecule has 0 saturated heterocycles. The van der Waals surface area contributed by atoms with Gasteiger partial charge in [-0.05, 0) is 5.56 Å². The van der Waals surface area contributed by atoms with E-state index < -0.39 is 17.9 Å². The molecule has 1 unspecified atom stereocenters. The van der Waals surface area contributed by atoms with Crippen molar-refractivity contribution in [3.63, 3.8) is 0 Å². The number of carbonyl (C=O) groups is 2. The molecule has 0 fully saturated rings. The van der Waals surface area contributed by atoms with Crippen LogP contribution in [0.1, 0.15) is 5.56 Å². The molecule has 2 N–H and O–H groups in total. The van der Waals surface area contributed by atoms with Crippen LogP contribution >= 0.6 is 0 Å². The van der Waals surface area contributed by atoms with Crippen LogP contribution in [0.4, 0.5) is 0 Å². The highest BCUT2D eigenvalue weighted by Gasteiger charge is 2.13. The SMILES string of the molecule is C=C(C(=O)O)C(C=CC(=O)O)C=Cc1ccccc1. The molecule has 4 nitrogen and oxygen atoms in total. The van der Waals surface area contributed by atoms with Crippen molar-refractivity contribution >= 4 is 18.0 Å². The molecule has 1 atom stereocenters. The Bertz CT molecular complexity index is 526. The van der Waals surface area contributed by atoms with Crippen LogP contribution in [0.25, 0.3) is 6.08 Å². The van der Waals surface area contributed by atoms with Crippen molar-refractivity contribution in [2.24, 2.45) is 5.92 Å². The Morgan fingerprint density at radius 1 is 1.11 bits per heavy atom. The van der Waals surface area contributed by atoms with Crippen LogP contribution in [-0.2, 0) is 9.59 Å². The maximum absolute atomic E-state index is 10.9. The van der Waals surface area contributed by atoms with Gasteiger partial charge in [-0.15, -0.1) is 0 Å². The van der Waals surface area contributed by atoms with Crippen LogP contribution < -0.4 is 0 Å². The second-order valence-electron chi connectivity index (χ2n) is 3.82. The van der Waals surface area contributed by atoms with Gasteiger partial charge >= 0.3 is 11.9 Å². The predicted octanol–water partition coefficient (Wildman–Crippen LogP) is 2.60. The number of allylic oxidation sites excluding steroid dienone is 2. The lowest BCUT2D eigenvalue weighted by Crippen LogP contribution is -2.08. The Morgan fingerprint density at radius 2 is 1.74 bits per heavy atom. The molecule has 4 heteroatoms. The molecule has 1 aromatic rings. The topological polar surface area (TPSA) is 74.6 Å². The molecular formula is C15H14O4. The van der Waals surface area contributed by atoms with Crippen molar-refractivity contribution in [1.29, 1.82) is 0 Å². The molecule has 98 valence electrons. The van der Waals surface area contributed by atoms with Gasteiger partial charge in [0.25, 0.3) is 0 Å². The summed E-state index contributed by atoms with van der Waals surface area (Å²) in [4.78, 5) is 21.4. The number of aliphatic carboxylic acids is 2. The first kappa shape index (κ1) is 14.4. The summed E-state index contributed by atoms with van der Waals surface area (Å²) in [5, 5.41) is 17.5. The van der Waals surface area contributed by atoms with Gasteiger partial charge in [0.2, 0.25) is 0 Å². The van der Waals surface area contributed by atoms with Gasteiger partial charge in [0.05, 0.1) is 0 Å². The van der Waals surface area contributed by atoms with Crippen LogP contribution in [0, 0.1) is 5.92 Å². The summed E-state index contributed by atoms with van der Waals surface area (Å²) in [6.45, 7) is 3.45. The Morgan fingerprint density at radius 3 is 2.26 bits per heavy atom. The van der Waals surface area contributed by atoms with Crippen LogP contribution in [0.15, 0.2) is 60.7 Å². The second kappa shape index (κ2) is 6.96. The summed E-state index contributed by atoms with van der Waals surface area (Å²) < 4.78 is 0. The standard InChI is InChI=1S/C15H14O4/c1-11(15(18)19)13(9-10-14(16)17)8-7-12-5-3-2-4-6-12/h2-10,13H,1H2,(H,16,17)(H,18,19). The molecule has 19 heavy (non-hydrogen) atoms. The fourth-order valence-electron chi connectivity index (χ4n) is 1.40. The molecule has 0 saturated carbocycles. The van der Waals surface area contributed by atoms with Crippen molar-refractivity contribution in [3.8, 4) is 0 Å². The minimum Gasteiger partial charge on any atom is -0.478 e. The third kappa shape index (κ3) is 5.04. The number of hydrogen-bond donors (Lipinski definition) is 2. The smallest absolute Gasteiger partial charge is 0.331 e. The van der Waals surface area contributed by atoms with Crippen molar-refractivity contribution < 1.29 is 19.8 Å². The van der Waals surface area contributed by atoms with Crippen LogP contribution in [0.5, 0.6) is 0 Å². The van der Waals surface area contributed by atoms with E-state index in [-0.39, 0.29) is 5.57 Å². The summed E-state index contributed by atoms with van der Waals surface area (Å²) in [5.74, 6) is -2.94. The van der Waals surface area contributed by atoms with Crippen molar-refractivity contribution in [1.82, 2.24) is 0 Å². The van der Waals surface area contributed by atoms with Gasteiger partial charge in [-0.1, -0.05) is 55.1 Å². The van der Waals surface area contributed by atoms with E-state index in [0.717, 1.165) is 11.6 Å². The normalized spacial score (nSPS) is 12.6. The van der Waals surface area contributed by atoms with Crippen molar-refractivity contribution in [2.75, 3.05) is 0 Å². The average Bonchev–Trinajstić information content (AvgIpc) is 2.39. The fourth-order valence-corrected chi connectivity index (χ4v) is 1.40. The maximum atomic E-state index is 10.9. The fraction of sp³-hybridized carbons (Fsp3) is 0.0667. The zero-order valence-electron chi connectivity index (χ0n) is 10.2. The number of carboxylic acid groups (broad SMARTS) is 2. The molecule has 0 aliphatic rings. The molecule has 0 spiro atoms. The van der Waals surface area contributed by atoms with Gasteiger partial charge in [-0.2, -0.15) is 0 Å². The molecule has 0 heterocycles. The Balaban J connectivity index is 2.91. The average molecular weight is 258 g/mol. The van der Waals surface area contributed by atoms with E-state index in [1.165, 1.54) is 6.08 Å². The van der Waals surface area contributed by atoms with E-state index in [4.69, 9.17) is 10.2 Å². The quantitative estimate of drug-likeness (QED) is 0.769. The zero-order chi connectivity index (χ0) is 14.3. The Labute approximate surface area is 111 Å². The summed E-state index contributed by atoms with van der Waals surface area (Å²) in [7, 11) is 0. The summed E-state index contributed by atoms with van der Waals surface area (Å²) in [5.41, 5.74) is 0.819. The molecule has 1 rings (SSSR count). The first-order chi connectivity index (χ1) is 9.00.